The molecular formula is C12H9F3N2O2S. The zero-order chi connectivity index (χ0) is 14.8. The molecule has 0 radical (unpaired) electrons. The van der Waals surface area contributed by atoms with Crippen molar-refractivity contribution in [1.29, 1.82) is 0 Å². The van der Waals surface area contributed by atoms with E-state index < -0.39 is 23.4 Å². The maximum Gasteiger partial charge on any atom is 0.418 e. The number of aromatic nitrogens is 2. The predicted molar refractivity (Wildman–Crippen MR) is 65.2 cm³/mol. The fraction of sp³-hybridized carbons (Fsp3) is 0.250. The molecule has 4 nitrogen and oxygen atoms in total. The van der Waals surface area contributed by atoms with Gasteiger partial charge in [0.15, 0.2) is 5.69 Å². The van der Waals surface area contributed by atoms with E-state index in [9.17, 15) is 18.0 Å². The summed E-state index contributed by atoms with van der Waals surface area (Å²) in [6.07, 6.45) is -3.54. The van der Waals surface area contributed by atoms with Gasteiger partial charge in [-0.2, -0.15) is 13.2 Å². The number of aryl methyl sites for hydroxylation is 1. The zero-order valence-corrected chi connectivity index (χ0v) is 11.1. The Morgan fingerprint density at radius 2 is 2.20 bits per heavy atom. The Morgan fingerprint density at radius 1 is 1.45 bits per heavy atom. The van der Waals surface area contributed by atoms with Gasteiger partial charge in [0.2, 0.25) is 0 Å². The lowest BCUT2D eigenvalue weighted by molar-refractivity contribution is -0.138. The molecule has 2 heterocycles. The number of nitrogens with zero attached hydrogens (tertiary/aromatic N) is 2. The molecule has 0 aliphatic heterocycles. The molecule has 0 N–H and O–H groups in total. The molecule has 0 fully saturated rings. The van der Waals surface area contributed by atoms with Crippen molar-refractivity contribution in [2.45, 2.75) is 19.7 Å². The number of hydrogen-bond acceptors (Lipinski definition) is 5. The molecule has 0 saturated heterocycles. The Morgan fingerprint density at radius 3 is 2.80 bits per heavy atom. The van der Waals surface area contributed by atoms with Gasteiger partial charge in [0.1, 0.15) is 11.6 Å². The third-order valence-corrected chi connectivity index (χ3v) is 3.24. The molecule has 0 aliphatic rings. The van der Waals surface area contributed by atoms with E-state index in [0.717, 1.165) is 24.0 Å². The second kappa shape index (κ2) is 5.58. The molecule has 2 aromatic rings. The van der Waals surface area contributed by atoms with Crippen molar-refractivity contribution in [2.24, 2.45) is 0 Å². The molecule has 106 valence electrons. The first kappa shape index (κ1) is 14.4. The summed E-state index contributed by atoms with van der Waals surface area (Å²) in [5.74, 6) is -1.12. The highest BCUT2D eigenvalue weighted by Crippen LogP contribution is 2.31. The summed E-state index contributed by atoms with van der Waals surface area (Å²) in [7, 11) is 0. The maximum atomic E-state index is 12.7. The van der Waals surface area contributed by atoms with Gasteiger partial charge in [-0.25, -0.2) is 14.8 Å². The van der Waals surface area contributed by atoms with Gasteiger partial charge in [-0.3, -0.25) is 0 Å². The van der Waals surface area contributed by atoms with E-state index in [1.165, 1.54) is 11.3 Å². The van der Waals surface area contributed by atoms with Crippen molar-refractivity contribution >= 4 is 17.3 Å². The van der Waals surface area contributed by atoms with Crippen LogP contribution in [0.1, 0.15) is 26.8 Å². The largest absolute Gasteiger partial charge is 0.454 e. The first-order valence-electron chi connectivity index (χ1n) is 5.48. The van der Waals surface area contributed by atoms with Gasteiger partial charge in [-0.15, -0.1) is 11.3 Å². The van der Waals surface area contributed by atoms with Crippen molar-refractivity contribution in [2.75, 3.05) is 0 Å². The molecule has 0 spiro atoms. The molecule has 0 atom stereocenters. The van der Waals surface area contributed by atoms with Crippen LogP contribution in [0.2, 0.25) is 0 Å². The molecule has 0 aliphatic carbocycles. The van der Waals surface area contributed by atoms with Crippen LogP contribution in [0.25, 0.3) is 0 Å². The summed E-state index contributed by atoms with van der Waals surface area (Å²) in [4.78, 5) is 19.2. The highest BCUT2D eigenvalue weighted by atomic mass is 32.1. The van der Waals surface area contributed by atoms with Gasteiger partial charge < -0.3 is 4.74 Å². The topological polar surface area (TPSA) is 52.1 Å². The smallest absolute Gasteiger partial charge is 0.418 e. The van der Waals surface area contributed by atoms with Gasteiger partial charge in [0.25, 0.3) is 0 Å². The van der Waals surface area contributed by atoms with Crippen molar-refractivity contribution < 1.29 is 22.7 Å². The number of ether oxygens (including phenoxy) is 1. The molecular weight excluding hydrogens is 293 g/mol. The fourth-order valence-electron chi connectivity index (χ4n) is 1.46. The third-order valence-electron chi connectivity index (χ3n) is 2.30. The summed E-state index contributed by atoms with van der Waals surface area (Å²) in [5.41, 5.74) is -1.09. The van der Waals surface area contributed by atoms with E-state index in [0.29, 0.717) is 5.01 Å². The van der Waals surface area contributed by atoms with E-state index in [1.807, 2.05) is 0 Å². The zero-order valence-electron chi connectivity index (χ0n) is 10.3. The average Bonchev–Trinajstić information content (AvgIpc) is 2.81. The highest BCUT2D eigenvalue weighted by Gasteiger charge is 2.36. The predicted octanol–water partition coefficient (Wildman–Crippen LogP) is 3.22. The molecule has 2 rings (SSSR count). The molecule has 20 heavy (non-hydrogen) atoms. The summed E-state index contributed by atoms with van der Waals surface area (Å²) in [5, 5.41) is 2.27. The van der Waals surface area contributed by atoms with Gasteiger partial charge in [0.05, 0.1) is 5.56 Å². The van der Waals surface area contributed by atoms with Crippen molar-refractivity contribution in [3.05, 3.63) is 45.7 Å². The number of alkyl halides is 3. The Hall–Kier alpha value is -1.96. The Kier molecular flexibility index (Phi) is 4.03. The minimum absolute atomic E-state index is 0.175. The Bertz CT molecular complexity index is 625. The molecule has 0 aromatic carbocycles. The van der Waals surface area contributed by atoms with Crippen LogP contribution in [0.3, 0.4) is 0 Å². The number of carbonyl (C=O) groups excluding carboxylic acids is 1. The van der Waals surface area contributed by atoms with Gasteiger partial charge in [-0.05, 0) is 19.1 Å². The number of rotatable bonds is 3. The maximum absolute atomic E-state index is 12.7. The monoisotopic (exact) mass is 302 g/mol. The minimum atomic E-state index is -4.65. The molecule has 2 aromatic heterocycles. The second-order valence-electron chi connectivity index (χ2n) is 3.86. The van der Waals surface area contributed by atoms with Crippen LogP contribution in [0.4, 0.5) is 13.2 Å². The van der Waals surface area contributed by atoms with Crippen LogP contribution in [0.15, 0.2) is 23.7 Å². The number of halogens is 3. The van der Waals surface area contributed by atoms with E-state index in [1.54, 1.807) is 12.3 Å². The number of esters is 1. The lowest BCUT2D eigenvalue weighted by Crippen LogP contribution is -2.16. The molecule has 0 unspecified atom stereocenters. The molecule has 0 saturated carbocycles. The van der Waals surface area contributed by atoms with E-state index in [4.69, 9.17) is 4.74 Å². The highest BCUT2D eigenvalue weighted by molar-refractivity contribution is 7.09. The van der Waals surface area contributed by atoms with Crippen LogP contribution in [0, 0.1) is 6.92 Å². The van der Waals surface area contributed by atoms with Crippen LogP contribution >= 0.6 is 11.3 Å². The minimum Gasteiger partial charge on any atom is -0.454 e. The Labute approximate surface area is 116 Å². The van der Waals surface area contributed by atoms with Crippen LogP contribution in [0.5, 0.6) is 0 Å². The van der Waals surface area contributed by atoms with E-state index in [-0.39, 0.29) is 6.61 Å². The quantitative estimate of drug-likeness (QED) is 0.817. The van der Waals surface area contributed by atoms with E-state index in [2.05, 4.69) is 9.97 Å². The number of pyridine rings is 1. The summed E-state index contributed by atoms with van der Waals surface area (Å²) in [6.45, 7) is 1.59. The third kappa shape index (κ3) is 3.32. The molecule has 0 bridgehead atoms. The van der Waals surface area contributed by atoms with Crippen molar-refractivity contribution in [1.82, 2.24) is 9.97 Å². The number of thiazole rings is 1. The normalized spacial score (nSPS) is 11.4. The van der Waals surface area contributed by atoms with Crippen molar-refractivity contribution in [3.8, 4) is 0 Å². The lowest BCUT2D eigenvalue weighted by Gasteiger charge is -2.10. The van der Waals surface area contributed by atoms with Crippen LogP contribution < -0.4 is 0 Å². The summed E-state index contributed by atoms with van der Waals surface area (Å²) < 4.78 is 43.0. The summed E-state index contributed by atoms with van der Waals surface area (Å²) >= 11 is 1.27. The SMILES string of the molecule is Cc1csc(COC(=O)c2ncccc2C(F)(F)F)n1. The van der Waals surface area contributed by atoms with Gasteiger partial charge in [-0.1, -0.05) is 0 Å². The van der Waals surface area contributed by atoms with Crippen LogP contribution in [-0.4, -0.2) is 15.9 Å². The molecule has 8 heteroatoms. The second-order valence-corrected chi connectivity index (χ2v) is 4.80. The first-order valence-corrected chi connectivity index (χ1v) is 6.36. The van der Waals surface area contributed by atoms with Crippen molar-refractivity contribution in [3.63, 3.8) is 0 Å². The Balaban J connectivity index is 2.13. The standard InChI is InChI=1S/C12H9F3N2O2S/c1-7-6-20-9(17-7)5-19-11(18)10-8(12(13,14)15)3-2-4-16-10/h2-4,6H,5H2,1H3. The summed E-state index contributed by atoms with van der Waals surface area (Å²) in [6, 6.07) is 1.90. The lowest BCUT2D eigenvalue weighted by atomic mass is 10.2. The first-order chi connectivity index (χ1) is 9.38. The van der Waals surface area contributed by atoms with Gasteiger partial charge >= 0.3 is 12.1 Å². The number of carbonyl (C=O) groups is 1. The van der Waals surface area contributed by atoms with Gasteiger partial charge in [0, 0.05) is 17.3 Å². The van der Waals surface area contributed by atoms with Crippen LogP contribution in [-0.2, 0) is 17.5 Å². The number of hydrogen-bond donors (Lipinski definition) is 0. The molecule has 0 amide bonds. The average molecular weight is 302 g/mol. The van der Waals surface area contributed by atoms with E-state index >= 15 is 0 Å². The fourth-order valence-corrected chi connectivity index (χ4v) is 2.14.